The van der Waals surface area contributed by atoms with Gasteiger partial charge in [-0.1, -0.05) is 36.4 Å². The standard InChI is InChI=1S/C20H20N4O/c25-20(18-9-4-5-12-21-18)23-17-10-6-11-19-16(17)13-22-24(19)14-15-7-2-1-3-8-15/h1-5,7-9,12-13,17H,6,10-11,14H2,(H,23,25)/t17-/m0/s1. The van der Waals surface area contributed by atoms with Crippen LogP contribution in [0, 0.1) is 0 Å². The maximum atomic E-state index is 12.4. The van der Waals surface area contributed by atoms with Crippen LogP contribution in [0.15, 0.2) is 60.9 Å². The summed E-state index contributed by atoms with van der Waals surface area (Å²) in [6.07, 6.45) is 6.52. The van der Waals surface area contributed by atoms with Crippen LogP contribution in [0.1, 0.15) is 46.2 Å². The number of pyridine rings is 1. The molecule has 0 saturated carbocycles. The summed E-state index contributed by atoms with van der Waals surface area (Å²) < 4.78 is 2.06. The molecule has 1 amide bonds. The second-order valence-corrected chi connectivity index (χ2v) is 6.32. The van der Waals surface area contributed by atoms with Gasteiger partial charge in [-0.3, -0.25) is 14.5 Å². The minimum atomic E-state index is -0.130. The summed E-state index contributed by atoms with van der Waals surface area (Å²) in [5.74, 6) is -0.130. The van der Waals surface area contributed by atoms with Gasteiger partial charge in [0.2, 0.25) is 0 Å². The molecule has 1 atom stereocenters. The van der Waals surface area contributed by atoms with Gasteiger partial charge < -0.3 is 5.32 Å². The van der Waals surface area contributed by atoms with E-state index >= 15 is 0 Å². The number of carbonyl (C=O) groups excluding carboxylic acids is 1. The number of fused-ring (bicyclic) bond motifs is 1. The van der Waals surface area contributed by atoms with Gasteiger partial charge in [-0.25, -0.2) is 0 Å². The van der Waals surface area contributed by atoms with Crippen LogP contribution in [0.4, 0.5) is 0 Å². The van der Waals surface area contributed by atoms with E-state index in [4.69, 9.17) is 0 Å². The Balaban J connectivity index is 1.54. The average molecular weight is 332 g/mol. The molecular weight excluding hydrogens is 312 g/mol. The summed E-state index contributed by atoms with van der Waals surface area (Å²) in [7, 11) is 0. The maximum absolute atomic E-state index is 12.4. The van der Waals surface area contributed by atoms with Crippen molar-refractivity contribution in [3.63, 3.8) is 0 Å². The van der Waals surface area contributed by atoms with Gasteiger partial charge in [0, 0.05) is 17.5 Å². The minimum Gasteiger partial charge on any atom is -0.344 e. The predicted molar refractivity (Wildman–Crippen MR) is 95.2 cm³/mol. The fraction of sp³-hybridized carbons (Fsp3) is 0.250. The zero-order valence-corrected chi connectivity index (χ0v) is 13.9. The van der Waals surface area contributed by atoms with E-state index in [-0.39, 0.29) is 11.9 Å². The lowest BCUT2D eigenvalue weighted by molar-refractivity contribution is 0.0927. The van der Waals surface area contributed by atoms with Crippen LogP contribution in [0.5, 0.6) is 0 Å². The number of benzene rings is 1. The molecule has 0 spiro atoms. The Bertz CT molecular complexity index is 858. The van der Waals surface area contributed by atoms with Crippen LogP contribution >= 0.6 is 0 Å². The molecule has 5 nitrogen and oxygen atoms in total. The normalized spacial score (nSPS) is 16.2. The second-order valence-electron chi connectivity index (χ2n) is 6.32. The molecule has 126 valence electrons. The van der Waals surface area contributed by atoms with Gasteiger partial charge in [-0.05, 0) is 37.0 Å². The largest absolute Gasteiger partial charge is 0.344 e. The number of nitrogens with zero attached hydrogens (tertiary/aromatic N) is 3. The monoisotopic (exact) mass is 332 g/mol. The van der Waals surface area contributed by atoms with Gasteiger partial charge >= 0.3 is 0 Å². The minimum absolute atomic E-state index is 0.00257. The number of amides is 1. The third kappa shape index (κ3) is 3.31. The first-order valence-electron chi connectivity index (χ1n) is 8.61. The highest BCUT2D eigenvalue weighted by molar-refractivity contribution is 5.92. The Morgan fingerprint density at radius 1 is 1.16 bits per heavy atom. The van der Waals surface area contributed by atoms with E-state index in [1.807, 2.05) is 36.5 Å². The lowest BCUT2D eigenvalue weighted by Gasteiger charge is -2.24. The molecule has 1 aliphatic carbocycles. The molecule has 1 N–H and O–H groups in total. The van der Waals surface area contributed by atoms with Crippen LogP contribution in [0.3, 0.4) is 0 Å². The lowest BCUT2D eigenvalue weighted by atomic mass is 9.92. The topological polar surface area (TPSA) is 59.8 Å². The number of aromatic nitrogens is 3. The molecule has 5 heteroatoms. The Hall–Kier alpha value is -2.95. The summed E-state index contributed by atoms with van der Waals surface area (Å²) in [5, 5.41) is 7.69. The van der Waals surface area contributed by atoms with E-state index in [1.165, 1.54) is 11.3 Å². The number of carbonyl (C=O) groups is 1. The quantitative estimate of drug-likeness (QED) is 0.798. The van der Waals surface area contributed by atoms with Crippen molar-refractivity contribution in [2.75, 3.05) is 0 Å². The van der Waals surface area contributed by atoms with Crippen molar-refractivity contribution in [2.24, 2.45) is 0 Å². The summed E-state index contributed by atoms with van der Waals surface area (Å²) >= 11 is 0. The molecule has 25 heavy (non-hydrogen) atoms. The highest BCUT2D eigenvalue weighted by Crippen LogP contribution is 2.30. The SMILES string of the molecule is O=C(N[C@H]1CCCc2c1cnn2Cc1ccccc1)c1ccccn1. The van der Waals surface area contributed by atoms with E-state index in [1.54, 1.807) is 12.3 Å². The third-order valence-electron chi connectivity index (χ3n) is 4.64. The van der Waals surface area contributed by atoms with E-state index in [2.05, 4.69) is 32.2 Å². The number of hydrogen-bond acceptors (Lipinski definition) is 3. The molecule has 3 aromatic rings. The third-order valence-corrected chi connectivity index (χ3v) is 4.64. The first-order chi connectivity index (χ1) is 12.3. The first-order valence-corrected chi connectivity index (χ1v) is 8.61. The Kier molecular flexibility index (Phi) is 4.29. The van der Waals surface area contributed by atoms with Gasteiger partial charge in [0.05, 0.1) is 18.8 Å². The smallest absolute Gasteiger partial charge is 0.270 e. The molecule has 0 saturated heterocycles. The van der Waals surface area contributed by atoms with Crippen LogP contribution in [0.25, 0.3) is 0 Å². The van der Waals surface area contributed by atoms with Crippen LogP contribution in [-0.4, -0.2) is 20.7 Å². The van der Waals surface area contributed by atoms with Crippen LogP contribution in [-0.2, 0) is 13.0 Å². The predicted octanol–water partition coefficient (Wildman–Crippen LogP) is 3.13. The number of nitrogens with one attached hydrogen (secondary N) is 1. The summed E-state index contributed by atoms with van der Waals surface area (Å²) in [6.45, 7) is 0.761. The van der Waals surface area contributed by atoms with Crippen LogP contribution in [0.2, 0.25) is 0 Å². The molecule has 0 bridgehead atoms. The summed E-state index contributed by atoms with van der Waals surface area (Å²) in [5.41, 5.74) is 4.03. The van der Waals surface area contributed by atoms with E-state index in [0.29, 0.717) is 5.69 Å². The molecule has 0 radical (unpaired) electrons. The summed E-state index contributed by atoms with van der Waals surface area (Å²) in [6, 6.07) is 15.7. The molecular formula is C20H20N4O. The maximum Gasteiger partial charge on any atom is 0.270 e. The van der Waals surface area contributed by atoms with Crippen LogP contribution < -0.4 is 5.32 Å². The molecule has 2 heterocycles. The van der Waals surface area contributed by atoms with Crippen molar-refractivity contribution in [3.8, 4) is 0 Å². The van der Waals surface area contributed by atoms with E-state index in [0.717, 1.165) is 31.4 Å². The molecule has 0 fully saturated rings. The van der Waals surface area contributed by atoms with E-state index < -0.39 is 0 Å². The number of rotatable bonds is 4. The fourth-order valence-electron chi connectivity index (χ4n) is 3.39. The van der Waals surface area contributed by atoms with Gasteiger partial charge in [0.15, 0.2) is 0 Å². The zero-order chi connectivity index (χ0) is 17.1. The highest BCUT2D eigenvalue weighted by Gasteiger charge is 2.26. The first kappa shape index (κ1) is 15.6. The van der Waals surface area contributed by atoms with Gasteiger partial charge in [0.1, 0.15) is 5.69 Å². The Labute approximate surface area is 146 Å². The Morgan fingerprint density at radius 2 is 2.00 bits per heavy atom. The fourth-order valence-corrected chi connectivity index (χ4v) is 3.39. The molecule has 2 aromatic heterocycles. The van der Waals surface area contributed by atoms with Gasteiger partial charge in [-0.2, -0.15) is 5.10 Å². The lowest BCUT2D eigenvalue weighted by Crippen LogP contribution is -2.31. The molecule has 4 rings (SSSR count). The second kappa shape index (κ2) is 6.89. The summed E-state index contributed by atoms with van der Waals surface area (Å²) in [4.78, 5) is 16.5. The molecule has 1 aromatic carbocycles. The Morgan fingerprint density at radius 3 is 2.80 bits per heavy atom. The van der Waals surface area contributed by atoms with Crippen molar-refractivity contribution >= 4 is 5.91 Å². The van der Waals surface area contributed by atoms with Crippen molar-refractivity contribution in [1.82, 2.24) is 20.1 Å². The average Bonchev–Trinajstić information content (AvgIpc) is 3.07. The molecule has 0 unspecified atom stereocenters. The van der Waals surface area contributed by atoms with Gasteiger partial charge in [0.25, 0.3) is 5.91 Å². The van der Waals surface area contributed by atoms with Crippen molar-refractivity contribution < 1.29 is 4.79 Å². The number of hydrogen-bond donors (Lipinski definition) is 1. The molecule has 0 aliphatic heterocycles. The highest BCUT2D eigenvalue weighted by atomic mass is 16.1. The van der Waals surface area contributed by atoms with Crippen molar-refractivity contribution in [3.05, 3.63) is 83.4 Å². The van der Waals surface area contributed by atoms with Crippen molar-refractivity contribution in [1.29, 1.82) is 0 Å². The van der Waals surface area contributed by atoms with E-state index in [9.17, 15) is 4.79 Å². The zero-order valence-electron chi connectivity index (χ0n) is 13.9. The van der Waals surface area contributed by atoms with Crippen molar-refractivity contribution in [2.45, 2.75) is 31.8 Å². The van der Waals surface area contributed by atoms with Gasteiger partial charge in [-0.15, -0.1) is 0 Å². The molecule has 1 aliphatic rings.